The summed E-state index contributed by atoms with van der Waals surface area (Å²) >= 11 is 0. The molecule has 126 valence electrons. The second-order valence-corrected chi connectivity index (χ2v) is 6.21. The standard InChI is InChI=1S/C19H24N4O/c1-3-15-9-7-8-14(2)17(15)22-18(24)16-10-11-20-19(21-16)23-12-5-4-6-13-23/h7-11H,3-6,12-13H2,1-2H3,(H,22,24). The molecule has 1 amide bonds. The van der Waals surface area contributed by atoms with Crippen molar-refractivity contribution in [3.63, 3.8) is 0 Å². The molecule has 1 aromatic heterocycles. The van der Waals surface area contributed by atoms with Crippen LogP contribution in [0.3, 0.4) is 0 Å². The van der Waals surface area contributed by atoms with Crippen molar-refractivity contribution in [2.75, 3.05) is 23.3 Å². The summed E-state index contributed by atoms with van der Waals surface area (Å²) in [4.78, 5) is 23.6. The van der Waals surface area contributed by atoms with E-state index in [0.29, 0.717) is 11.6 Å². The topological polar surface area (TPSA) is 58.1 Å². The highest BCUT2D eigenvalue weighted by molar-refractivity contribution is 6.03. The lowest BCUT2D eigenvalue weighted by atomic mass is 10.1. The molecule has 2 aromatic rings. The highest BCUT2D eigenvalue weighted by Crippen LogP contribution is 2.22. The Morgan fingerprint density at radius 3 is 2.75 bits per heavy atom. The first-order valence-electron chi connectivity index (χ1n) is 8.67. The number of carbonyl (C=O) groups excluding carboxylic acids is 1. The van der Waals surface area contributed by atoms with Gasteiger partial charge in [-0.05, 0) is 49.8 Å². The van der Waals surface area contributed by atoms with Gasteiger partial charge in [-0.15, -0.1) is 0 Å². The molecule has 24 heavy (non-hydrogen) atoms. The lowest BCUT2D eigenvalue weighted by Crippen LogP contribution is -2.31. The number of rotatable bonds is 4. The summed E-state index contributed by atoms with van der Waals surface area (Å²) in [6.45, 7) is 6.02. The molecule has 0 aliphatic carbocycles. The quantitative estimate of drug-likeness (QED) is 0.934. The van der Waals surface area contributed by atoms with Crippen LogP contribution in [0.2, 0.25) is 0 Å². The van der Waals surface area contributed by atoms with Gasteiger partial charge >= 0.3 is 0 Å². The molecule has 5 heteroatoms. The summed E-state index contributed by atoms with van der Waals surface area (Å²) < 4.78 is 0. The lowest BCUT2D eigenvalue weighted by molar-refractivity contribution is 0.102. The van der Waals surface area contributed by atoms with Gasteiger partial charge in [-0.3, -0.25) is 4.79 Å². The van der Waals surface area contributed by atoms with E-state index in [4.69, 9.17) is 0 Å². The minimum atomic E-state index is -0.181. The number of piperidine rings is 1. The van der Waals surface area contributed by atoms with E-state index < -0.39 is 0 Å². The Balaban J connectivity index is 1.81. The van der Waals surface area contributed by atoms with Gasteiger partial charge in [0.15, 0.2) is 0 Å². The van der Waals surface area contributed by atoms with Gasteiger partial charge in [0.2, 0.25) is 5.95 Å². The third-order valence-corrected chi connectivity index (χ3v) is 4.49. The maximum absolute atomic E-state index is 12.6. The number of carbonyl (C=O) groups is 1. The van der Waals surface area contributed by atoms with Crippen LogP contribution in [0, 0.1) is 6.92 Å². The highest BCUT2D eigenvalue weighted by Gasteiger charge is 2.17. The monoisotopic (exact) mass is 324 g/mol. The van der Waals surface area contributed by atoms with Crippen LogP contribution in [0.1, 0.15) is 47.8 Å². The number of aryl methyl sites for hydroxylation is 2. The predicted octanol–water partition coefficient (Wildman–Crippen LogP) is 3.59. The molecule has 0 atom stereocenters. The van der Waals surface area contributed by atoms with Crippen LogP contribution in [0.5, 0.6) is 0 Å². The molecule has 0 radical (unpaired) electrons. The zero-order valence-electron chi connectivity index (χ0n) is 14.4. The first kappa shape index (κ1) is 16.4. The van der Waals surface area contributed by atoms with Crippen LogP contribution in [0.4, 0.5) is 11.6 Å². The van der Waals surface area contributed by atoms with Crippen LogP contribution in [-0.2, 0) is 6.42 Å². The van der Waals surface area contributed by atoms with Crippen molar-refractivity contribution in [2.24, 2.45) is 0 Å². The first-order chi connectivity index (χ1) is 11.7. The summed E-state index contributed by atoms with van der Waals surface area (Å²) in [6.07, 6.45) is 6.11. The number of para-hydroxylation sites is 1. The zero-order chi connectivity index (χ0) is 16.9. The van der Waals surface area contributed by atoms with E-state index in [2.05, 4.69) is 27.1 Å². The number of amides is 1. The third-order valence-electron chi connectivity index (χ3n) is 4.49. The van der Waals surface area contributed by atoms with E-state index in [9.17, 15) is 4.79 Å². The van der Waals surface area contributed by atoms with Gasteiger partial charge in [0.05, 0.1) is 0 Å². The lowest BCUT2D eigenvalue weighted by Gasteiger charge is -2.26. The first-order valence-corrected chi connectivity index (χ1v) is 8.67. The number of benzene rings is 1. The fourth-order valence-corrected chi connectivity index (χ4v) is 3.10. The van der Waals surface area contributed by atoms with Gasteiger partial charge in [-0.25, -0.2) is 9.97 Å². The van der Waals surface area contributed by atoms with Crippen molar-refractivity contribution in [1.82, 2.24) is 9.97 Å². The van der Waals surface area contributed by atoms with Crippen LogP contribution in [-0.4, -0.2) is 29.0 Å². The molecule has 1 fully saturated rings. The van der Waals surface area contributed by atoms with E-state index in [0.717, 1.165) is 49.2 Å². The van der Waals surface area contributed by atoms with E-state index in [1.807, 2.05) is 25.1 Å². The second-order valence-electron chi connectivity index (χ2n) is 6.21. The average molecular weight is 324 g/mol. The van der Waals surface area contributed by atoms with Crippen molar-refractivity contribution in [3.8, 4) is 0 Å². The Labute approximate surface area is 143 Å². The summed E-state index contributed by atoms with van der Waals surface area (Å²) in [6, 6.07) is 7.74. The van der Waals surface area contributed by atoms with Crippen LogP contribution >= 0.6 is 0 Å². The van der Waals surface area contributed by atoms with Crippen molar-refractivity contribution in [3.05, 3.63) is 47.3 Å². The van der Waals surface area contributed by atoms with Crippen LogP contribution < -0.4 is 10.2 Å². The fourth-order valence-electron chi connectivity index (χ4n) is 3.10. The summed E-state index contributed by atoms with van der Waals surface area (Å²) in [7, 11) is 0. The SMILES string of the molecule is CCc1cccc(C)c1NC(=O)c1ccnc(N2CCCCC2)n1. The van der Waals surface area contributed by atoms with Gasteiger partial charge < -0.3 is 10.2 Å². The molecular weight excluding hydrogens is 300 g/mol. The largest absolute Gasteiger partial charge is 0.341 e. The predicted molar refractivity (Wildman–Crippen MR) is 96.6 cm³/mol. The van der Waals surface area contributed by atoms with Gasteiger partial charge in [-0.1, -0.05) is 25.1 Å². The van der Waals surface area contributed by atoms with E-state index in [1.165, 1.54) is 6.42 Å². The minimum Gasteiger partial charge on any atom is -0.341 e. The highest BCUT2D eigenvalue weighted by atomic mass is 16.1. The maximum atomic E-state index is 12.6. The number of nitrogens with zero attached hydrogens (tertiary/aromatic N) is 3. The van der Waals surface area contributed by atoms with Gasteiger partial charge in [-0.2, -0.15) is 0 Å². The van der Waals surface area contributed by atoms with Crippen molar-refractivity contribution in [2.45, 2.75) is 39.5 Å². The van der Waals surface area contributed by atoms with Crippen molar-refractivity contribution < 1.29 is 4.79 Å². The number of aromatic nitrogens is 2. The molecule has 5 nitrogen and oxygen atoms in total. The second kappa shape index (κ2) is 7.43. The molecule has 0 unspecified atom stereocenters. The molecule has 0 bridgehead atoms. The minimum absolute atomic E-state index is 0.181. The van der Waals surface area contributed by atoms with Gasteiger partial charge in [0.1, 0.15) is 5.69 Å². The maximum Gasteiger partial charge on any atom is 0.274 e. The van der Waals surface area contributed by atoms with E-state index >= 15 is 0 Å². The summed E-state index contributed by atoms with van der Waals surface area (Å²) in [5, 5.41) is 3.03. The van der Waals surface area contributed by atoms with Crippen molar-refractivity contribution in [1.29, 1.82) is 0 Å². The Kier molecular flexibility index (Phi) is 5.08. The smallest absolute Gasteiger partial charge is 0.274 e. The number of hydrogen-bond donors (Lipinski definition) is 1. The average Bonchev–Trinajstić information content (AvgIpc) is 2.64. The van der Waals surface area contributed by atoms with Gasteiger partial charge in [0, 0.05) is 25.0 Å². The number of nitrogens with one attached hydrogen (secondary N) is 1. The molecule has 3 rings (SSSR count). The Bertz CT molecular complexity index is 723. The van der Waals surface area contributed by atoms with E-state index in [-0.39, 0.29) is 5.91 Å². The molecule has 0 spiro atoms. The Morgan fingerprint density at radius 1 is 1.21 bits per heavy atom. The Hall–Kier alpha value is -2.43. The number of anilines is 2. The molecular formula is C19H24N4O. The normalized spacial score (nSPS) is 14.5. The fraction of sp³-hybridized carbons (Fsp3) is 0.421. The molecule has 1 N–H and O–H groups in total. The summed E-state index contributed by atoms with van der Waals surface area (Å²) in [5.41, 5.74) is 3.50. The molecule has 2 heterocycles. The van der Waals surface area contributed by atoms with Crippen LogP contribution in [0.15, 0.2) is 30.5 Å². The third kappa shape index (κ3) is 3.55. The van der Waals surface area contributed by atoms with E-state index in [1.54, 1.807) is 12.3 Å². The molecule has 1 saturated heterocycles. The zero-order valence-corrected chi connectivity index (χ0v) is 14.4. The Morgan fingerprint density at radius 2 is 2.00 bits per heavy atom. The number of hydrogen-bond acceptors (Lipinski definition) is 4. The van der Waals surface area contributed by atoms with Gasteiger partial charge in [0.25, 0.3) is 5.91 Å². The van der Waals surface area contributed by atoms with Crippen LogP contribution in [0.25, 0.3) is 0 Å². The summed E-state index contributed by atoms with van der Waals surface area (Å²) in [5.74, 6) is 0.475. The molecule has 1 aliphatic rings. The van der Waals surface area contributed by atoms with Crippen molar-refractivity contribution >= 4 is 17.5 Å². The molecule has 1 aliphatic heterocycles. The molecule has 1 aromatic carbocycles. The molecule has 0 saturated carbocycles.